The first-order valence-electron chi connectivity index (χ1n) is 9.33. The summed E-state index contributed by atoms with van der Waals surface area (Å²) in [6.07, 6.45) is 6.14. The molecule has 0 radical (unpaired) electrons. The van der Waals surface area contributed by atoms with E-state index < -0.39 is 5.97 Å². The molecule has 2 heterocycles. The molecule has 2 aromatic heterocycles. The highest BCUT2D eigenvalue weighted by atomic mass is 16.5. The smallest absolute Gasteiger partial charge is 0.340 e. The van der Waals surface area contributed by atoms with E-state index in [0.717, 1.165) is 23.1 Å². The van der Waals surface area contributed by atoms with E-state index in [1.807, 2.05) is 44.2 Å². The Morgan fingerprint density at radius 1 is 1.21 bits per heavy atom. The van der Waals surface area contributed by atoms with Crippen LogP contribution < -0.4 is 0 Å². The van der Waals surface area contributed by atoms with Gasteiger partial charge in [0.15, 0.2) is 5.78 Å². The number of aromatic nitrogens is 3. The van der Waals surface area contributed by atoms with E-state index in [2.05, 4.69) is 15.0 Å². The number of carbonyl (C=O) groups is 2. The molecule has 0 spiro atoms. The highest BCUT2D eigenvalue weighted by Gasteiger charge is 2.19. The molecular weight excluding hydrogens is 354 g/mol. The average Bonchev–Trinajstić information content (AvgIpc) is 3.13. The second-order valence-electron chi connectivity index (χ2n) is 6.46. The molecule has 3 rings (SSSR count). The average molecular weight is 377 g/mol. The fourth-order valence-electron chi connectivity index (χ4n) is 3.12. The van der Waals surface area contributed by atoms with E-state index in [-0.39, 0.29) is 12.4 Å². The van der Waals surface area contributed by atoms with Crippen molar-refractivity contribution in [3.05, 3.63) is 59.6 Å². The van der Waals surface area contributed by atoms with Gasteiger partial charge >= 0.3 is 5.97 Å². The van der Waals surface area contributed by atoms with Crippen molar-refractivity contribution in [2.45, 2.75) is 33.6 Å². The summed E-state index contributed by atoms with van der Waals surface area (Å²) in [6, 6.07) is 7.65. The van der Waals surface area contributed by atoms with E-state index in [9.17, 15) is 9.59 Å². The summed E-state index contributed by atoms with van der Waals surface area (Å²) in [5.41, 5.74) is 4.08. The van der Waals surface area contributed by atoms with Crippen molar-refractivity contribution in [1.29, 1.82) is 0 Å². The molecule has 28 heavy (non-hydrogen) atoms. The zero-order chi connectivity index (χ0) is 20.1. The Morgan fingerprint density at radius 2 is 2.04 bits per heavy atom. The van der Waals surface area contributed by atoms with Gasteiger partial charge in [0.25, 0.3) is 0 Å². The zero-order valence-corrected chi connectivity index (χ0v) is 16.3. The Hall–Kier alpha value is -3.28. The minimum Gasteiger partial charge on any atom is -0.462 e. The van der Waals surface area contributed by atoms with Crippen LogP contribution in [0.15, 0.2) is 48.4 Å². The van der Waals surface area contributed by atoms with Gasteiger partial charge in [0.1, 0.15) is 12.0 Å². The Labute approximate surface area is 163 Å². The van der Waals surface area contributed by atoms with Crippen molar-refractivity contribution in [2.24, 2.45) is 0 Å². The molecule has 1 N–H and O–H groups in total. The van der Waals surface area contributed by atoms with Crippen LogP contribution in [0.5, 0.6) is 0 Å². The van der Waals surface area contributed by atoms with Crippen molar-refractivity contribution < 1.29 is 14.3 Å². The molecule has 0 amide bonds. The summed E-state index contributed by atoms with van der Waals surface area (Å²) in [6.45, 7) is 5.90. The van der Waals surface area contributed by atoms with Gasteiger partial charge < -0.3 is 9.72 Å². The molecule has 0 fully saturated rings. The molecule has 6 heteroatoms. The first-order valence-corrected chi connectivity index (χ1v) is 9.33. The lowest BCUT2D eigenvalue weighted by atomic mass is 9.99. The van der Waals surface area contributed by atoms with Crippen LogP contribution in [0.3, 0.4) is 0 Å². The Balaban J connectivity index is 2.01. The van der Waals surface area contributed by atoms with Gasteiger partial charge in [-0.25, -0.2) is 14.8 Å². The van der Waals surface area contributed by atoms with Gasteiger partial charge in [0.2, 0.25) is 0 Å². The van der Waals surface area contributed by atoms with Crippen LogP contribution in [0.25, 0.3) is 22.3 Å². The second-order valence-corrected chi connectivity index (χ2v) is 6.46. The van der Waals surface area contributed by atoms with Crippen LogP contribution in [-0.4, -0.2) is 33.3 Å². The minimum atomic E-state index is -0.420. The number of H-pyrrole nitrogens is 1. The third-order valence-electron chi connectivity index (χ3n) is 4.48. The Bertz CT molecular complexity index is 1050. The van der Waals surface area contributed by atoms with E-state index in [1.54, 1.807) is 13.1 Å². The summed E-state index contributed by atoms with van der Waals surface area (Å²) in [7, 11) is 0. The molecule has 0 saturated heterocycles. The lowest BCUT2D eigenvalue weighted by Gasteiger charge is -2.08. The van der Waals surface area contributed by atoms with E-state index in [0.29, 0.717) is 28.7 Å². The highest BCUT2D eigenvalue weighted by Crippen LogP contribution is 2.29. The third-order valence-corrected chi connectivity index (χ3v) is 4.48. The minimum absolute atomic E-state index is 0.0979. The quantitative estimate of drug-likeness (QED) is 0.491. The predicted octanol–water partition coefficient (Wildman–Crippen LogP) is 4.27. The molecule has 0 unspecified atom stereocenters. The van der Waals surface area contributed by atoms with Crippen molar-refractivity contribution in [3.8, 4) is 11.3 Å². The molecule has 1 aromatic carbocycles. The van der Waals surface area contributed by atoms with Gasteiger partial charge in [-0.2, -0.15) is 0 Å². The normalized spacial score (nSPS) is 11.6. The number of benzene rings is 1. The molecule has 144 valence electrons. The fraction of sp³-hybridized carbons (Fsp3) is 0.273. The van der Waals surface area contributed by atoms with Crippen molar-refractivity contribution >= 4 is 22.8 Å². The number of rotatable bonds is 7. The highest BCUT2D eigenvalue weighted by molar-refractivity contribution is 6.08. The van der Waals surface area contributed by atoms with Gasteiger partial charge in [-0.15, -0.1) is 0 Å². The van der Waals surface area contributed by atoms with Crippen LogP contribution in [-0.2, 0) is 16.0 Å². The largest absolute Gasteiger partial charge is 0.462 e. The number of hydrogen-bond donors (Lipinski definition) is 1. The van der Waals surface area contributed by atoms with E-state index in [1.165, 1.54) is 6.33 Å². The molecule has 0 bridgehead atoms. The van der Waals surface area contributed by atoms with Crippen LogP contribution >= 0.6 is 0 Å². The van der Waals surface area contributed by atoms with E-state index in [4.69, 9.17) is 4.74 Å². The van der Waals surface area contributed by atoms with Crippen molar-refractivity contribution in [2.75, 3.05) is 6.61 Å². The Morgan fingerprint density at radius 3 is 2.79 bits per heavy atom. The molecule has 0 aliphatic carbocycles. The van der Waals surface area contributed by atoms with Gasteiger partial charge in [0, 0.05) is 18.2 Å². The topological polar surface area (TPSA) is 84.9 Å². The Kier molecular flexibility index (Phi) is 5.99. The number of allylic oxidation sites excluding steroid dienone is 2. The van der Waals surface area contributed by atoms with Crippen LogP contribution in [0, 0.1) is 0 Å². The summed E-state index contributed by atoms with van der Waals surface area (Å²) in [5, 5.41) is 0.617. The molecule has 0 atom stereocenters. The summed E-state index contributed by atoms with van der Waals surface area (Å²) in [5.74, 6) is -0.322. The first kappa shape index (κ1) is 19.5. The summed E-state index contributed by atoms with van der Waals surface area (Å²) >= 11 is 0. The maximum atomic E-state index is 12.4. The number of ether oxygens (including phenoxy) is 1. The molecular formula is C22H23N3O3. The first-order chi connectivity index (χ1) is 13.5. The lowest BCUT2D eigenvalue weighted by Crippen LogP contribution is -2.05. The molecule has 3 aromatic rings. The number of fused-ring (bicyclic) bond motifs is 1. The third kappa shape index (κ3) is 4.01. The monoisotopic (exact) mass is 377 g/mol. The predicted molar refractivity (Wildman–Crippen MR) is 108 cm³/mol. The molecule has 0 aliphatic heterocycles. The number of nitrogens with zero attached hydrogens (tertiary/aromatic N) is 2. The van der Waals surface area contributed by atoms with Crippen molar-refractivity contribution in [3.63, 3.8) is 0 Å². The number of hydrogen-bond acceptors (Lipinski definition) is 5. The van der Waals surface area contributed by atoms with Gasteiger partial charge in [-0.3, -0.25) is 4.79 Å². The number of carbonyl (C=O) groups excluding carboxylic acids is 2. The molecule has 0 saturated carbocycles. The maximum absolute atomic E-state index is 12.4. The molecule has 0 aliphatic rings. The summed E-state index contributed by atoms with van der Waals surface area (Å²) in [4.78, 5) is 36.3. The number of ketones is 1. The number of esters is 1. The fourth-order valence-corrected chi connectivity index (χ4v) is 3.12. The zero-order valence-electron chi connectivity index (χ0n) is 16.3. The van der Waals surface area contributed by atoms with Gasteiger partial charge in [-0.1, -0.05) is 31.2 Å². The lowest BCUT2D eigenvalue weighted by molar-refractivity contribution is -0.114. The second kappa shape index (κ2) is 8.61. The van der Waals surface area contributed by atoms with Crippen molar-refractivity contribution in [1.82, 2.24) is 15.0 Å². The molecule has 6 nitrogen and oxygen atoms in total. The van der Waals surface area contributed by atoms with Gasteiger partial charge in [0.05, 0.1) is 23.3 Å². The van der Waals surface area contributed by atoms with Crippen LogP contribution in [0.2, 0.25) is 0 Å². The maximum Gasteiger partial charge on any atom is 0.340 e. The summed E-state index contributed by atoms with van der Waals surface area (Å²) < 4.78 is 5.15. The number of nitrogens with one attached hydrogen (secondary N) is 1. The SMILES string of the molecule is CC/C=C(\C)C(=O)Cc1cccc(-c2ncnc3[nH]cc(C(=O)OCC)c23)c1. The van der Waals surface area contributed by atoms with E-state index >= 15 is 0 Å². The standard InChI is InChI=1S/C22H23N3O3/c1-4-7-14(3)18(26)11-15-8-6-9-16(10-15)20-19-17(22(27)28-5-2)12-23-21(19)25-13-24-20/h6-10,12-13H,4-5,11H2,1-3H3,(H,23,24,25)/b14-7+. The van der Waals surface area contributed by atoms with Crippen LogP contribution in [0.4, 0.5) is 0 Å². The van der Waals surface area contributed by atoms with Crippen LogP contribution in [0.1, 0.15) is 43.1 Å². The number of Topliss-reactive ketones (excluding diaryl/α,β-unsaturated/α-hetero) is 1. The van der Waals surface area contributed by atoms with Gasteiger partial charge in [-0.05, 0) is 37.5 Å². The number of aromatic amines is 1.